The van der Waals surface area contributed by atoms with Crippen LogP contribution in [-0.4, -0.2) is 60.1 Å². The number of benzene rings is 1. The van der Waals surface area contributed by atoms with Crippen LogP contribution in [0.1, 0.15) is 29.8 Å². The highest BCUT2D eigenvalue weighted by atomic mass is 16.5. The summed E-state index contributed by atoms with van der Waals surface area (Å²) in [6.07, 6.45) is 0. The predicted molar refractivity (Wildman–Crippen MR) is 82.4 cm³/mol. The van der Waals surface area contributed by atoms with Crippen LogP contribution in [0.15, 0.2) is 24.3 Å². The van der Waals surface area contributed by atoms with Crippen LogP contribution < -0.4 is 0 Å². The van der Waals surface area contributed by atoms with Gasteiger partial charge in [-0.3, -0.25) is 9.69 Å². The van der Waals surface area contributed by atoms with Crippen molar-refractivity contribution in [1.29, 1.82) is 5.26 Å². The quantitative estimate of drug-likeness (QED) is 0.830. The first-order chi connectivity index (χ1) is 10.6. The number of hydrogen-bond donors (Lipinski definition) is 0. The van der Waals surface area contributed by atoms with Crippen molar-refractivity contribution in [2.75, 3.05) is 26.3 Å². The molecule has 0 saturated carbocycles. The van der Waals surface area contributed by atoms with E-state index in [1.807, 2.05) is 4.90 Å². The standard InChI is InChI=1S/C17H21N3O2/c1-12(2)20-15-8-19(9-16(20)11-22-10-15)17(21)14-5-3-4-13(6-14)7-18/h3-6,12,15-16H,8-11H2,1-2H3. The average Bonchev–Trinajstić information content (AvgIpc) is 2.52. The van der Waals surface area contributed by atoms with E-state index in [2.05, 4.69) is 24.8 Å². The van der Waals surface area contributed by atoms with Gasteiger partial charge in [-0.2, -0.15) is 5.26 Å². The predicted octanol–water partition coefficient (Wildman–Crippen LogP) is 1.49. The number of piperazine rings is 1. The molecule has 2 fully saturated rings. The number of hydrogen-bond acceptors (Lipinski definition) is 4. The van der Waals surface area contributed by atoms with Gasteiger partial charge in [0.05, 0.1) is 36.9 Å². The highest BCUT2D eigenvalue weighted by molar-refractivity contribution is 5.94. The van der Waals surface area contributed by atoms with Crippen LogP contribution in [0.5, 0.6) is 0 Å². The lowest BCUT2D eigenvalue weighted by molar-refractivity contribution is -0.102. The first-order valence-corrected chi connectivity index (χ1v) is 7.74. The van der Waals surface area contributed by atoms with Gasteiger partial charge in [-0.1, -0.05) is 6.07 Å². The molecule has 2 aliphatic rings. The number of rotatable bonds is 2. The molecule has 1 aromatic rings. The molecule has 2 saturated heterocycles. The van der Waals surface area contributed by atoms with E-state index in [9.17, 15) is 4.79 Å². The third-order valence-electron chi connectivity index (χ3n) is 4.45. The fourth-order valence-corrected chi connectivity index (χ4v) is 3.60. The summed E-state index contributed by atoms with van der Waals surface area (Å²) < 4.78 is 5.66. The van der Waals surface area contributed by atoms with E-state index in [0.29, 0.717) is 43.5 Å². The van der Waals surface area contributed by atoms with E-state index in [1.165, 1.54) is 0 Å². The van der Waals surface area contributed by atoms with E-state index < -0.39 is 0 Å². The zero-order valence-electron chi connectivity index (χ0n) is 13.0. The third kappa shape index (κ3) is 2.72. The van der Waals surface area contributed by atoms with Crippen molar-refractivity contribution in [2.45, 2.75) is 32.0 Å². The van der Waals surface area contributed by atoms with E-state index in [-0.39, 0.29) is 18.0 Å². The lowest BCUT2D eigenvalue weighted by Crippen LogP contribution is -2.67. The van der Waals surface area contributed by atoms with E-state index in [4.69, 9.17) is 10.00 Å². The van der Waals surface area contributed by atoms with E-state index >= 15 is 0 Å². The lowest BCUT2D eigenvalue weighted by Gasteiger charge is -2.51. The smallest absolute Gasteiger partial charge is 0.254 e. The summed E-state index contributed by atoms with van der Waals surface area (Å²) in [6.45, 7) is 7.11. The summed E-state index contributed by atoms with van der Waals surface area (Å²) in [6, 6.07) is 10.00. The van der Waals surface area contributed by atoms with Crippen LogP contribution in [0.3, 0.4) is 0 Å². The largest absolute Gasteiger partial charge is 0.378 e. The molecule has 2 atom stereocenters. The van der Waals surface area contributed by atoms with E-state index in [1.54, 1.807) is 24.3 Å². The Bertz CT molecular complexity index is 594. The van der Waals surface area contributed by atoms with Crippen LogP contribution in [-0.2, 0) is 4.74 Å². The minimum absolute atomic E-state index is 0.0115. The molecule has 116 valence electrons. The fourth-order valence-electron chi connectivity index (χ4n) is 3.60. The number of amides is 1. The van der Waals surface area contributed by atoms with Crippen molar-refractivity contribution in [1.82, 2.24) is 9.80 Å². The Balaban J connectivity index is 1.79. The average molecular weight is 299 g/mol. The molecule has 2 aliphatic heterocycles. The highest BCUT2D eigenvalue weighted by Gasteiger charge is 2.40. The second-order valence-corrected chi connectivity index (χ2v) is 6.29. The van der Waals surface area contributed by atoms with Crippen molar-refractivity contribution >= 4 is 5.91 Å². The normalized spacial score (nSPS) is 25.1. The first kappa shape index (κ1) is 15.0. The zero-order chi connectivity index (χ0) is 15.7. The molecular weight excluding hydrogens is 278 g/mol. The van der Waals surface area contributed by atoms with Gasteiger partial charge >= 0.3 is 0 Å². The molecule has 5 nitrogen and oxygen atoms in total. The lowest BCUT2D eigenvalue weighted by atomic mass is 10.0. The number of carbonyl (C=O) groups excluding carboxylic acids is 1. The summed E-state index contributed by atoms with van der Waals surface area (Å²) in [7, 11) is 0. The van der Waals surface area contributed by atoms with Gasteiger partial charge in [0.1, 0.15) is 0 Å². The van der Waals surface area contributed by atoms with E-state index in [0.717, 1.165) is 0 Å². The Labute approximate surface area is 131 Å². The summed E-state index contributed by atoms with van der Waals surface area (Å²) in [5.74, 6) is 0.0115. The maximum atomic E-state index is 12.7. The van der Waals surface area contributed by atoms with Gasteiger partial charge in [-0.05, 0) is 32.0 Å². The SMILES string of the molecule is CC(C)N1C2COCC1CN(C(=O)c1cccc(C#N)c1)C2. The van der Waals surface area contributed by atoms with Gasteiger partial charge in [-0.15, -0.1) is 0 Å². The third-order valence-corrected chi connectivity index (χ3v) is 4.45. The Morgan fingerprint density at radius 2 is 2.00 bits per heavy atom. The molecule has 2 unspecified atom stereocenters. The minimum Gasteiger partial charge on any atom is -0.378 e. The Morgan fingerprint density at radius 1 is 1.32 bits per heavy atom. The Kier molecular flexibility index (Phi) is 4.14. The van der Waals surface area contributed by atoms with Gasteiger partial charge < -0.3 is 9.64 Å². The van der Waals surface area contributed by atoms with Crippen molar-refractivity contribution in [3.05, 3.63) is 35.4 Å². The molecule has 0 radical (unpaired) electrons. The molecule has 2 heterocycles. The van der Waals surface area contributed by atoms with Crippen LogP contribution >= 0.6 is 0 Å². The molecule has 2 bridgehead atoms. The fraction of sp³-hybridized carbons (Fsp3) is 0.529. The minimum atomic E-state index is 0.0115. The Hall–Kier alpha value is -1.90. The molecule has 0 spiro atoms. The van der Waals surface area contributed by atoms with Crippen molar-refractivity contribution < 1.29 is 9.53 Å². The maximum Gasteiger partial charge on any atom is 0.254 e. The van der Waals surface area contributed by atoms with Crippen LogP contribution in [0.4, 0.5) is 0 Å². The number of fused-ring (bicyclic) bond motifs is 2. The van der Waals surface area contributed by atoms with Crippen molar-refractivity contribution in [3.8, 4) is 6.07 Å². The molecular formula is C17H21N3O2. The monoisotopic (exact) mass is 299 g/mol. The second kappa shape index (κ2) is 6.07. The second-order valence-electron chi connectivity index (χ2n) is 6.29. The van der Waals surface area contributed by atoms with Gasteiger partial charge in [0.25, 0.3) is 5.91 Å². The number of morpholine rings is 1. The van der Waals surface area contributed by atoms with Crippen LogP contribution in [0.25, 0.3) is 0 Å². The first-order valence-electron chi connectivity index (χ1n) is 7.74. The van der Waals surface area contributed by atoms with Gasteiger partial charge in [0.2, 0.25) is 0 Å². The van der Waals surface area contributed by atoms with Crippen LogP contribution in [0, 0.1) is 11.3 Å². The highest BCUT2D eigenvalue weighted by Crippen LogP contribution is 2.25. The number of ether oxygens (including phenoxy) is 1. The molecule has 0 N–H and O–H groups in total. The van der Waals surface area contributed by atoms with Gasteiger partial charge in [-0.25, -0.2) is 0 Å². The number of carbonyl (C=O) groups is 1. The number of nitriles is 1. The Morgan fingerprint density at radius 3 is 2.59 bits per heavy atom. The summed E-state index contributed by atoms with van der Waals surface area (Å²) in [4.78, 5) is 17.1. The topological polar surface area (TPSA) is 56.6 Å². The molecule has 0 aliphatic carbocycles. The van der Waals surface area contributed by atoms with Crippen molar-refractivity contribution in [2.24, 2.45) is 0 Å². The summed E-state index contributed by atoms with van der Waals surface area (Å²) in [5.41, 5.74) is 1.12. The van der Waals surface area contributed by atoms with Crippen LogP contribution in [0.2, 0.25) is 0 Å². The van der Waals surface area contributed by atoms with Gasteiger partial charge in [0, 0.05) is 24.7 Å². The molecule has 22 heavy (non-hydrogen) atoms. The summed E-state index contributed by atoms with van der Waals surface area (Å²) in [5, 5.41) is 8.98. The maximum absolute atomic E-state index is 12.7. The van der Waals surface area contributed by atoms with Crippen molar-refractivity contribution in [3.63, 3.8) is 0 Å². The molecule has 1 aromatic carbocycles. The molecule has 1 amide bonds. The summed E-state index contributed by atoms with van der Waals surface area (Å²) >= 11 is 0. The zero-order valence-corrected chi connectivity index (χ0v) is 13.0. The number of nitrogens with zero attached hydrogens (tertiary/aromatic N) is 3. The molecule has 3 rings (SSSR count). The molecule has 5 heteroatoms. The van der Waals surface area contributed by atoms with Gasteiger partial charge in [0.15, 0.2) is 0 Å². The molecule has 0 aromatic heterocycles.